The number of hydrogen-bond acceptors (Lipinski definition) is 3. The van der Waals surface area contributed by atoms with Crippen molar-refractivity contribution in [1.82, 2.24) is 15.5 Å². The minimum absolute atomic E-state index is 0.00474. The number of benzene rings is 1. The van der Waals surface area contributed by atoms with Gasteiger partial charge in [-0.25, -0.2) is 4.79 Å². The van der Waals surface area contributed by atoms with Gasteiger partial charge in [0.25, 0.3) is 0 Å². The molecule has 2 aliphatic rings. The molecule has 140 valence electrons. The Morgan fingerprint density at radius 2 is 1.77 bits per heavy atom. The van der Waals surface area contributed by atoms with Gasteiger partial charge in [-0.2, -0.15) is 5.26 Å². The van der Waals surface area contributed by atoms with Crippen molar-refractivity contribution < 1.29 is 4.79 Å². The smallest absolute Gasteiger partial charge is 0.315 e. The van der Waals surface area contributed by atoms with Crippen LogP contribution in [0.5, 0.6) is 0 Å². The highest BCUT2D eigenvalue weighted by atomic mass is 16.2. The standard InChI is InChI=1S/C21H30N4O/c1-16(18-7-5-6-17(14-18)15-22)25-12-10-20(11-13-25)24-21(26)23-19-8-3-2-4-9-19/h5-7,14,16,19-20H,2-4,8-13H2,1H3,(H2,23,24,26). The summed E-state index contributed by atoms with van der Waals surface area (Å²) >= 11 is 0. The molecule has 2 fully saturated rings. The van der Waals surface area contributed by atoms with Crippen LogP contribution in [0.3, 0.4) is 0 Å². The Labute approximate surface area is 156 Å². The third-order valence-corrected chi connectivity index (χ3v) is 5.85. The van der Waals surface area contributed by atoms with E-state index in [-0.39, 0.29) is 12.1 Å². The van der Waals surface area contributed by atoms with Crippen molar-refractivity contribution in [2.75, 3.05) is 13.1 Å². The number of nitriles is 1. The molecule has 1 aliphatic carbocycles. The van der Waals surface area contributed by atoms with E-state index in [1.807, 2.05) is 18.2 Å². The van der Waals surface area contributed by atoms with Crippen LogP contribution in [0.1, 0.15) is 69.0 Å². The van der Waals surface area contributed by atoms with Crippen LogP contribution in [0.25, 0.3) is 0 Å². The van der Waals surface area contributed by atoms with E-state index in [0.717, 1.165) is 38.8 Å². The van der Waals surface area contributed by atoms with Gasteiger partial charge in [-0.15, -0.1) is 0 Å². The Morgan fingerprint density at radius 1 is 1.12 bits per heavy atom. The van der Waals surface area contributed by atoms with Crippen LogP contribution in [0.4, 0.5) is 4.79 Å². The normalized spacial score (nSPS) is 20.9. The predicted molar refractivity (Wildman–Crippen MR) is 103 cm³/mol. The molecule has 0 spiro atoms. The minimum Gasteiger partial charge on any atom is -0.335 e. The molecule has 1 aliphatic heterocycles. The van der Waals surface area contributed by atoms with Gasteiger partial charge in [0.15, 0.2) is 0 Å². The number of likely N-dealkylation sites (tertiary alicyclic amines) is 1. The lowest BCUT2D eigenvalue weighted by Crippen LogP contribution is -2.50. The number of carbonyl (C=O) groups is 1. The molecule has 1 saturated carbocycles. The Hall–Kier alpha value is -2.06. The highest BCUT2D eigenvalue weighted by Crippen LogP contribution is 2.25. The van der Waals surface area contributed by atoms with Crippen LogP contribution in [0.2, 0.25) is 0 Å². The molecule has 1 atom stereocenters. The van der Waals surface area contributed by atoms with Crippen molar-refractivity contribution in [1.29, 1.82) is 5.26 Å². The summed E-state index contributed by atoms with van der Waals surface area (Å²) in [6.45, 7) is 4.12. The van der Waals surface area contributed by atoms with Gasteiger partial charge in [-0.3, -0.25) is 4.90 Å². The molecule has 0 bridgehead atoms. The SMILES string of the molecule is CC(c1cccc(C#N)c1)N1CCC(NC(=O)NC2CCCCC2)CC1. The summed E-state index contributed by atoms with van der Waals surface area (Å²) in [5.74, 6) is 0. The van der Waals surface area contributed by atoms with Gasteiger partial charge in [0.2, 0.25) is 0 Å². The first-order valence-corrected chi connectivity index (χ1v) is 9.97. The number of amides is 2. The lowest BCUT2D eigenvalue weighted by molar-refractivity contribution is 0.152. The summed E-state index contributed by atoms with van der Waals surface area (Å²) in [6.07, 6.45) is 7.94. The minimum atomic E-state index is 0.00474. The predicted octanol–water partition coefficient (Wildman–Crippen LogP) is 3.72. The van der Waals surface area contributed by atoms with Gasteiger partial charge in [0.1, 0.15) is 0 Å². The summed E-state index contributed by atoms with van der Waals surface area (Å²) in [4.78, 5) is 14.7. The van der Waals surface area contributed by atoms with Crippen LogP contribution in [-0.4, -0.2) is 36.1 Å². The molecule has 5 nitrogen and oxygen atoms in total. The molecule has 1 aromatic carbocycles. The first-order chi connectivity index (χ1) is 12.7. The molecule has 3 rings (SSSR count). The molecule has 1 unspecified atom stereocenters. The molecule has 1 saturated heterocycles. The summed E-state index contributed by atoms with van der Waals surface area (Å²) in [5.41, 5.74) is 1.90. The number of carbonyl (C=O) groups excluding carboxylic acids is 1. The summed E-state index contributed by atoms with van der Waals surface area (Å²) < 4.78 is 0. The van der Waals surface area contributed by atoms with E-state index in [0.29, 0.717) is 17.6 Å². The topological polar surface area (TPSA) is 68.2 Å². The second-order valence-corrected chi connectivity index (χ2v) is 7.68. The number of nitrogens with zero attached hydrogens (tertiary/aromatic N) is 2. The zero-order chi connectivity index (χ0) is 18.4. The second kappa shape index (κ2) is 9.05. The summed E-state index contributed by atoms with van der Waals surface area (Å²) in [6, 6.07) is 11.0. The summed E-state index contributed by atoms with van der Waals surface area (Å²) in [7, 11) is 0. The van der Waals surface area contributed by atoms with Gasteiger partial charge >= 0.3 is 6.03 Å². The van der Waals surface area contributed by atoms with Crippen LogP contribution in [0.15, 0.2) is 24.3 Å². The van der Waals surface area contributed by atoms with E-state index in [9.17, 15) is 4.79 Å². The van der Waals surface area contributed by atoms with E-state index < -0.39 is 0 Å². The Balaban J connectivity index is 1.44. The third kappa shape index (κ3) is 4.98. The first kappa shape index (κ1) is 18.7. The van der Waals surface area contributed by atoms with Crippen LogP contribution in [-0.2, 0) is 0 Å². The number of nitrogens with one attached hydrogen (secondary N) is 2. The zero-order valence-electron chi connectivity index (χ0n) is 15.7. The molecule has 5 heteroatoms. The highest BCUT2D eigenvalue weighted by molar-refractivity contribution is 5.74. The average molecular weight is 354 g/mol. The van der Waals surface area contributed by atoms with Crippen LogP contribution >= 0.6 is 0 Å². The summed E-state index contributed by atoms with van der Waals surface area (Å²) in [5, 5.41) is 15.4. The quantitative estimate of drug-likeness (QED) is 0.866. The fourth-order valence-corrected chi connectivity index (χ4v) is 4.17. The number of hydrogen-bond donors (Lipinski definition) is 2. The van der Waals surface area contributed by atoms with Crippen molar-refractivity contribution in [2.24, 2.45) is 0 Å². The molecular weight excluding hydrogens is 324 g/mol. The molecule has 2 amide bonds. The van der Waals surface area contributed by atoms with E-state index in [2.05, 4.69) is 34.6 Å². The first-order valence-electron chi connectivity index (χ1n) is 9.97. The maximum atomic E-state index is 12.2. The number of piperidine rings is 1. The lowest BCUT2D eigenvalue weighted by atomic mass is 9.95. The van der Waals surface area contributed by atoms with Crippen molar-refractivity contribution in [3.8, 4) is 6.07 Å². The fraction of sp³-hybridized carbons (Fsp3) is 0.619. The van der Waals surface area contributed by atoms with Crippen LogP contribution in [0, 0.1) is 11.3 Å². The highest BCUT2D eigenvalue weighted by Gasteiger charge is 2.25. The molecule has 0 aromatic heterocycles. The second-order valence-electron chi connectivity index (χ2n) is 7.68. The molecule has 2 N–H and O–H groups in total. The Morgan fingerprint density at radius 3 is 2.42 bits per heavy atom. The van der Waals surface area contributed by atoms with Crippen molar-refractivity contribution >= 4 is 6.03 Å². The molecule has 0 radical (unpaired) electrons. The molecule has 1 heterocycles. The molecule has 1 aromatic rings. The Kier molecular flexibility index (Phi) is 6.51. The van der Waals surface area contributed by atoms with E-state index in [1.54, 1.807) is 0 Å². The van der Waals surface area contributed by atoms with Crippen molar-refractivity contribution in [2.45, 2.75) is 70.0 Å². The maximum absolute atomic E-state index is 12.2. The Bertz CT molecular complexity index is 640. The van der Waals surface area contributed by atoms with Crippen molar-refractivity contribution in [3.05, 3.63) is 35.4 Å². The van der Waals surface area contributed by atoms with Gasteiger partial charge in [0.05, 0.1) is 11.6 Å². The largest absolute Gasteiger partial charge is 0.335 e. The fourth-order valence-electron chi connectivity index (χ4n) is 4.17. The van der Waals surface area contributed by atoms with E-state index in [1.165, 1.54) is 24.8 Å². The van der Waals surface area contributed by atoms with Crippen molar-refractivity contribution in [3.63, 3.8) is 0 Å². The average Bonchev–Trinajstić information content (AvgIpc) is 2.69. The van der Waals surface area contributed by atoms with Gasteiger partial charge in [-0.1, -0.05) is 31.4 Å². The van der Waals surface area contributed by atoms with Gasteiger partial charge in [-0.05, 0) is 50.3 Å². The maximum Gasteiger partial charge on any atom is 0.315 e. The van der Waals surface area contributed by atoms with E-state index in [4.69, 9.17) is 5.26 Å². The zero-order valence-corrected chi connectivity index (χ0v) is 15.7. The monoisotopic (exact) mass is 354 g/mol. The van der Waals surface area contributed by atoms with Crippen LogP contribution < -0.4 is 10.6 Å². The lowest BCUT2D eigenvalue weighted by Gasteiger charge is -2.36. The molecular formula is C21H30N4O. The third-order valence-electron chi connectivity index (χ3n) is 5.85. The number of urea groups is 1. The number of rotatable bonds is 4. The molecule has 26 heavy (non-hydrogen) atoms. The van der Waals surface area contributed by atoms with E-state index >= 15 is 0 Å². The van der Waals surface area contributed by atoms with Gasteiger partial charge < -0.3 is 10.6 Å². The van der Waals surface area contributed by atoms with Gasteiger partial charge in [0, 0.05) is 31.2 Å².